The molecular formula is C14H17ClN2O3. The van der Waals surface area contributed by atoms with Crippen molar-refractivity contribution in [3.05, 3.63) is 39.4 Å². The fourth-order valence-electron chi connectivity index (χ4n) is 2.58. The van der Waals surface area contributed by atoms with Gasteiger partial charge >= 0.3 is 0 Å². The van der Waals surface area contributed by atoms with E-state index in [1.807, 2.05) is 0 Å². The van der Waals surface area contributed by atoms with Crippen LogP contribution in [0.1, 0.15) is 28.8 Å². The second-order valence-electron chi connectivity index (χ2n) is 5.20. The fourth-order valence-corrected chi connectivity index (χ4v) is 2.89. The van der Waals surface area contributed by atoms with E-state index in [2.05, 4.69) is 0 Å². The first-order valence-corrected chi connectivity index (χ1v) is 7.16. The van der Waals surface area contributed by atoms with Gasteiger partial charge in [-0.05, 0) is 37.3 Å². The molecular weight excluding hydrogens is 280 g/mol. The zero-order chi connectivity index (χ0) is 14.7. The summed E-state index contributed by atoms with van der Waals surface area (Å²) in [5.41, 5.74) is 1.08. The van der Waals surface area contributed by atoms with Gasteiger partial charge in [0.2, 0.25) is 0 Å². The number of amides is 1. The Balaban J connectivity index is 2.15. The van der Waals surface area contributed by atoms with Gasteiger partial charge in [0.15, 0.2) is 0 Å². The Labute approximate surface area is 122 Å². The van der Waals surface area contributed by atoms with Crippen molar-refractivity contribution in [2.45, 2.75) is 19.8 Å². The number of halogens is 1. The third-order valence-corrected chi connectivity index (χ3v) is 3.83. The Morgan fingerprint density at radius 3 is 2.90 bits per heavy atom. The van der Waals surface area contributed by atoms with E-state index in [1.54, 1.807) is 17.9 Å². The summed E-state index contributed by atoms with van der Waals surface area (Å²) in [5.74, 6) is 0.910. The highest BCUT2D eigenvalue weighted by atomic mass is 35.5. The Kier molecular flexibility index (Phi) is 4.60. The number of carbonyl (C=O) groups excluding carboxylic acids is 1. The summed E-state index contributed by atoms with van der Waals surface area (Å²) >= 11 is 5.72. The van der Waals surface area contributed by atoms with Gasteiger partial charge in [-0.25, -0.2) is 0 Å². The van der Waals surface area contributed by atoms with E-state index in [4.69, 9.17) is 11.6 Å². The van der Waals surface area contributed by atoms with Crippen LogP contribution in [-0.4, -0.2) is 34.7 Å². The molecule has 0 N–H and O–H groups in total. The standard InChI is InChI=1S/C14H17ClN2O3/c1-10-6-12(8-13(7-10)17(19)20)14(18)16-5-3-11(9-16)2-4-15/h6-8,11H,2-5,9H2,1H3. The molecule has 1 aliphatic heterocycles. The van der Waals surface area contributed by atoms with Crippen LogP contribution in [0.25, 0.3) is 0 Å². The third kappa shape index (κ3) is 3.28. The van der Waals surface area contributed by atoms with Gasteiger partial charge in [0.1, 0.15) is 0 Å². The van der Waals surface area contributed by atoms with E-state index in [-0.39, 0.29) is 11.6 Å². The van der Waals surface area contributed by atoms with Crippen molar-refractivity contribution in [1.29, 1.82) is 0 Å². The number of likely N-dealkylation sites (tertiary alicyclic amines) is 1. The third-order valence-electron chi connectivity index (χ3n) is 3.61. The van der Waals surface area contributed by atoms with Crippen molar-refractivity contribution >= 4 is 23.2 Å². The molecule has 1 aromatic carbocycles. The molecule has 1 fully saturated rings. The van der Waals surface area contributed by atoms with Gasteiger partial charge in [0.05, 0.1) is 4.92 Å². The number of carbonyl (C=O) groups is 1. The van der Waals surface area contributed by atoms with Gasteiger partial charge in [-0.15, -0.1) is 11.6 Å². The number of non-ortho nitro benzene ring substituents is 1. The van der Waals surface area contributed by atoms with E-state index in [0.29, 0.717) is 30.5 Å². The van der Waals surface area contributed by atoms with Crippen LogP contribution in [0.3, 0.4) is 0 Å². The lowest BCUT2D eigenvalue weighted by Gasteiger charge is -2.16. The molecule has 5 nitrogen and oxygen atoms in total. The number of alkyl halides is 1. The average Bonchev–Trinajstić information content (AvgIpc) is 2.86. The maximum Gasteiger partial charge on any atom is 0.270 e. The van der Waals surface area contributed by atoms with Gasteiger partial charge in [0, 0.05) is 36.7 Å². The van der Waals surface area contributed by atoms with E-state index in [0.717, 1.165) is 18.4 Å². The molecule has 0 saturated carbocycles. The molecule has 1 amide bonds. The maximum atomic E-state index is 12.4. The first-order valence-electron chi connectivity index (χ1n) is 6.62. The number of benzene rings is 1. The minimum Gasteiger partial charge on any atom is -0.338 e. The molecule has 1 atom stereocenters. The molecule has 1 saturated heterocycles. The predicted octanol–water partition coefficient (Wildman–Crippen LogP) is 2.99. The number of hydrogen-bond acceptors (Lipinski definition) is 3. The van der Waals surface area contributed by atoms with Gasteiger partial charge in [-0.1, -0.05) is 0 Å². The lowest BCUT2D eigenvalue weighted by Crippen LogP contribution is -2.28. The fraction of sp³-hybridized carbons (Fsp3) is 0.500. The van der Waals surface area contributed by atoms with Crippen molar-refractivity contribution in [1.82, 2.24) is 4.90 Å². The largest absolute Gasteiger partial charge is 0.338 e. The monoisotopic (exact) mass is 296 g/mol. The average molecular weight is 297 g/mol. The molecule has 6 heteroatoms. The first kappa shape index (κ1) is 14.8. The molecule has 1 unspecified atom stereocenters. The quantitative estimate of drug-likeness (QED) is 0.487. The first-order chi connectivity index (χ1) is 9.51. The molecule has 0 spiro atoms. The summed E-state index contributed by atoms with van der Waals surface area (Å²) in [6, 6.07) is 4.52. The molecule has 20 heavy (non-hydrogen) atoms. The molecule has 1 heterocycles. The summed E-state index contributed by atoms with van der Waals surface area (Å²) in [6.45, 7) is 3.14. The molecule has 1 aromatic rings. The highest BCUT2D eigenvalue weighted by Gasteiger charge is 2.27. The van der Waals surface area contributed by atoms with E-state index < -0.39 is 4.92 Å². The summed E-state index contributed by atoms with van der Waals surface area (Å²) in [6.07, 6.45) is 1.85. The zero-order valence-corrected chi connectivity index (χ0v) is 12.1. The van der Waals surface area contributed by atoms with Crippen molar-refractivity contribution in [3.63, 3.8) is 0 Å². The van der Waals surface area contributed by atoms with Crippen molar-refractivity contribution < 1.29 is 9.72 Å². The summed E-state index contributed by atoms with van der Waals surface area (Å²) in [4.78, 5) is 24.5. The number of aryl methyl sites for hydroxylation is 1. The maximum absolute atomic E-state index is 12.4. The Bertz CT molecular complexity index is 533. The van der Waals surface area contributed by atoms with Crippen molar-refractivity contribution in [2.75, 3.05) is 19.0 Å². The van der Waals surface area contributed by atoms with Crippen LogP contribution in [-0.2, 0) is 0 Å². The number of nitrogens with zero attached hydrogens (tertiary/aromatic N) is 2. The van der Waals surface area contributed by atoms with Crippen LogP contribution in [0.4, 0.5) is 5.69 Å². The van der Waals surface area contributed by atoms with Crippen LogP contribution < -0.4 is 0 Å². The van der Waals surface area contributed by atoms with Gasteiger partial charge in [0.25, 0.3) is 11.6 Å². The van der Waals surface area contributed by atoms with Crippen LogP contribution in [0, 0.1) is 23.0 Å². The molecule has 0 radical (unpaired) electrons. The topological polar surface area (TPSA) is 63.5 Å². The second kappa shape index (κ2) is 6.22. The van der Waals surface area contributed by atoms with Gasteiger partial charge in [-0.3, -0.25) is 14.9 Å². The minimum atomic E-state index is -0.468. The normalized spacial score (nSPS) is 18.3. The van der Waals surface area contributed by atoms with Crippen LogP contribution in [0.15, 0.2) is 18.2 Å². The molecule has 0 bridgehead atoms. The Morgan fingerprint density at radius 2 is 2.25 bits per heavy atom. The molecule has 108 valence electrons. The smallest absolute Gasteiger partial charge is 0.270 e. The van der Waals surface area contributed by atoms with Crippen LogP contribution >= 0.6 is 11.6 Å². The molecule has 1 aliphatic rings. The summed E-state index contributed by atoms with van der Waals surface area (Å²) in [7, 11) is 0. The molecule has 0 aromatic heterocycles. The predicted molar refractivity (Wildman–Crippen MR) is 77.2 cm³/mol. The number of hydrogen-bond donors (Lipinski definition) is 0. The number of rotatable bonds is 4. The van der Waals surface area contributed by atoms with Crippen molar-refractivity contribution in [2.24, 2.45) is 5.92 Å². The zero-order valence-electron chi connectivity index (χ0n) is 11.3. The van der Waals surface area contributed by atoms with E-state index in [9.17, 15) is 14.9 Å². The highest BCUT2D eigenvalue weighted by molar-refractivity contribution is 6.17. The van der Waals surface area contributed by atoms with E-state index in [1.165, 1.54) is 12.1 Å². The summed E-state index contributed by atoms with van der Waals surface area (Å²) < 4.78 is 0. The summed E-state index contributed by atoms with van der Waals surface area (Å²) in [5, 5.41) is 10.9. The van der Waals surface area contributed by atoms with Crippen LogP contribution in [0.5, 0.6) is 0 Å². The van der Waals surface area contributed by atoms with Gasteiger partial charge in [-0.2, -0.15) is 0 Å². The number of nitro benzene ring substituents is 1. The van der Waals surface area contributed by atoms with Crippen LogP contribution in [0.2, 0.25) is 0 Å². The number of nitro groups is 1. The molecule has 2 rings (SSSR count). The second-order valence-corrected chi connectivity index (χ2v) is 5.58. The Morgan fingerprint density at radius 1 is 1.50 bits per heavy atom. The highest BCUT2D eigenvalue weighted by Crippen LogP contribution is 2.24. The van der Waals surface area contributed by atoms with Crippen molar-refractivity contribution in [3.8, 4) is 0 Å². The lowest BCUT2D eigenvalue weighted by molar-refractivity contribution is -0.384. The van der Waals surface area contributed by atoms with Gasteiger partial charge < -0.3 is 4.90 Å². The Hall–Kier alpha value is -1.62. The lowest BCUT2D eigenvalue weighted by atomic mass is 10.1. The van der Waals surface area contributed by atoms with E-state index >= 15 is 0 Å². The minimum absolute atomic E-state index is 0.0372. The SMILES string of the molecule is Cc1cc(C(=O)N2CCC(CCCl)C2)cc([N+](=O)[O-])c1. The molecule has 0 aliphatic carbocycles.